The summed E-state index contributed by atoms with van der Waals surface area (Å²) in [4.78, 5) is 0. The highest BCUT2D eigenvalue weighted by molar-refractivity contribution is 5.33. The van der Waals surface area contributed by atoms with Crippen molar-refractivity contribution in [1.29, 1.82) is 0 Å². The summed E-state index contributed by atoms with van der Waals surface area (Å²) in [5, 5.41) is 0. The molecule has 1 unspecified atom stereocenters. The lowest BCUT2D eigenvalue weighted by molar-refractivity contribution is -0.0838. The van der Waals surface area contributed by atoms with E-state index in [9.17, 15) is 0 Å². The Hall–Kier alpha value is -0.900. The predicted octanol–water partition coefficient (Wildman–Crippen LogP) is 2.77. The van der Waals surface area contributed by atoms with Crippen LogP contribution in [0.4, 0.5) is 0 Å². The van der Waals surface area contributed by atoms with E-state index >= 15 is 0 Å². The number of methoxy groups -OCH3 is 1. The zero-order valence-electron chi connectivity index (χ0n) is 11.6. The smallest absolute Gasteiger partial charge is 0.0697 e. The van der Waals surface area contributed by atoms with Crippen LogP contribution in [0, 0.1) is 13.8 Å². The molecule has 0 heterocycles. The van der Waals surface area contributed by atoms with Gasteiger partial charge in [0, 0.05) is 13.2 Å². The van der Waals surface area contributed by atoms with Crippen molar-refractivity contribution < 1.29 is 4.74 Å². The quantitative estimate of drug-likeness (QED) is 0.622. The summed E-state index contributed by atoms with van der Waals surface area (Å²) in [6.07, 6.45) is 4.50. The van der Waals surface area contributed by atoms with Crippen molar-refractivity contribution in [2.24, 2.45) is 5.84 Å². The molecule has 100 valence electrons. The van der Waals surface area contributed by atoms with Crippen LogP contribution in [-0.2, 0) is 4.74 Å². The minimum absolute atomic E-state index is 0.0361. The number of ether oxygens (including phenoxy) is 1. The molecule has 3 nitrogen and oxygen atoms in total. The second-order valence-electron chi connectivity index (χ2n) is 5.52. The summed E-state index contributed by atoms with van der Waals surface area (Å²) in [6.45, 7) is 4.26. The lowest BCUT2D eigenvalue weighted by Gasteiger charge is -2.43. The van der Waals surface area contributed by atoms with E-state index in [4.69, 9.17) is 10.6 Å². The first-order chi connectivity index (χ1) is 8.60. The molecule has 18 heavy (non-hydrogen) atoms. The molecule has 0 aromatic heterocycles. The number of hydrogen-bond donors (Lipinski definition) is 2. The molecular formula is C15H24N2O. The van der Waals surface area contributed by atoms with Crippen LogP contribution in [0.3, 0.4) is 0 Å². The van der Waals surface area contributed by atoms with Crippen LogP contribution >= 0.6 is 0 Å². The maximum absolute atomic E-state index is 5.75. The van der Waals surface area contributed by atoms with Gasteiger partial charge in [-0.05, 0) is 50.7 Å². The Morgan fingerprint density at radius 2 is 2.11 bits per heavy atom. The Morgan fingerprint density at radius 1 is 1.39 bits per heavy atom. The number of rotatable bonds is 5. The van der Waals surface area contributed by atoms with Crippen molar-refractivity contribution in [3.8, 4) is 0 Å². The molecule has 0 spiro atoms. The van der Waals surface area contributed by atoms with E-state index in [1.807, 2.05) is 7.11 Å². The minimum Gasteiger partial charge on any atom is -0.378 e. The fourth-order valence-electron chi connectivity index (χ4n) is 2.91. The Morgan fingerprint density at radius 3 is 2.56 bits per heavy atom. The van der Waals surface area contributed by atoms with Crippen molar-refractivity contribution in [2.45, 2.75) is 51.2 Å². The maximum Gasteiger partial charge on any atom is 0.0697 e. The SMILES string of the molecule is COC1(CC(NN)c2ccc(C)cc2C)CCC1. The number of aryl methyl sites for hydroxylation is 2. The van der Waals surface area contributed by atoms with Crippen molar-refractivity contribution in [2.75, 3.05) is 7.11 Å². The van der Waals surface area contributed by atoms with Crippen LogP contribution in [-0.4, -0.2) is 12.7 Å². The summed E-state index contributed by atoms with van der Waals surface area (Å²) >= 11 is 0. The number of nitrogens with two attached hydrogens (primary N) is 1. The highest BCUT2D eigenvalue weighted by Crippen LogP contribution is 2.42. The predicted molar refractivity (Wildman–Crippen MR) is 74.2 cm³/mol. The Bertz CT molecular complexity index is 407. The highest BCUT2D eigenvalue weighted by atomic mass is 16.5. The van der Waals surface area contributed by atoms with Crippen LogP contribution in [0.2, 0.25) is 0 Å². The first kappa shape index (κ1) is 13.5. The lowest BCUT2D eigenvalue weighted by Crippen LogP contribution is -2.44. The summed E-state index contributed by atoms with van der Waals surface area (Å²) in [5.41, 5.74) is 6.86. The normalized spacial score (nSPS) is 19.3. The van der Waals surface area contributed by atoms with Gasteiger partial charge in [0.1, 0.15) is 0 Å². The fraction of sp³-hybridized carbons (Fsp3) is 0.600. The first-order valence-corrected chi connectivity index (χ1v) is 6.69. The molecule has 3 N–H and O–H groups in total. The van der Waals surface area contributed by atoms with Crippen molar-refractivity contribution in [1.82, 2.24) is 5.43 Å². The second-order valence-corrected chi connectivity index (χ2v) is 5.52. The molecule has 0 amide bonds. The van der Waals surface area contributed by atoms with Crippen LogP contribution < -0.4 is 11.3 Å². The molecule has 0 bridgehead atoms. The molecule has 0 radical (unpaired) electrons. The van der Waals surface area contributed by atoms with E-state index in [1.54, 1.807) is 0 Å². The Labute approximate surface area is 110 Å². The molecule has 1 aliphatic carbocycles. The van der Waals surface area contributed by atoms with E-state index < -0.39 is 0 Å². The molecule has 0 saturated heterocycles. The number of hydrazine groups is 1. The average Bonchev–Trinajstić information content (AvgIpc) is 2.30. The van der Waals surface area contributed by atoms with Gasteiger partial charge in [-0.3, -0.25) is 11.3 Å². The van der Waals surface area contributed by atoms with E-state index in [0.29, 0.717) is 0 Å². The molecule has 3 heteroatoms. The van der Waals surface area contributed by atoms with Gasteiger partial charge in [0.25, 0.3) is 0 Å². The summed E-state index contributed by atoms with van der Waals surface area (Å²) in [6, 6.07) is 6.70. The first-order valence-electron chi connectivity index (χ1n) is 6.69. The summed E-state index contributed by atoms with van der Waals surface area (Å²) in [7, 11) is 1.81. The van der Waals surface area contributed by atoms with Crippen LogP contribution in [0.1, 0.15) is 48.4 Å². The Balaban J connectivity index is 2.17. The van der Waals surface area contributed by atoms with Crippen LogP contribution in [0.25, 0.3) is 0 Å². The minimum atomic E-state index is 0.0361. The average molecular weight is 248 g/mol. The third-order valence-electron chi connectivity index (χ3n) is 4.28. The van der Waals surface area contributed by atoms with Gasteiger partial charge in [-0.1, -0.05) is 23.8 Å². The van der Waals surface area contributed by atoms with Crippen LogP contribution in [0.15, 0.2) is 18.2 Å². The monoisotopic (exact) mass is 248 g/mol. The van der Waals surface area contributed by atoms with Gasteiger partial charge in [0.05, 0.1) is 5.60 Å². The number of hydrogen-bond acceptors (Lipinski definition) is 3. The molecular weight excluding hydrogens is 224 g/mol. The molecule has 1 atom stereocenters. The zero-order chi connectivity index (χ0) is 13.2. The van der Waals surface area contributed by atoms with E-state index in [-0.39, 0.29) is 11.6 Å². The standard InChI is InChI=1S/C15H24N2O/c1-11-5-6-13(12(2)9-11)14(17-16)10-15(18-3)7-4-8-15/h5-6,9,14,17H,4,7-8,10,16H2,1-3H3. The van der Waals surface area contributed by atoms with E-state index in [1.165, 1.54) is 23.1 Å². The van der Waals surface area contributed by atoms with E-state index in [2.05, 4.69) is 37.5 Å². The van der Waals surface area contributed by atoms with Gasteiger partial charge in [0.2, 0.25) is 0 Å². The highest BCUT2D eigenvalue weighted by Gasteiger charge is 2.39. The third kappa shape index (κ3) is 2.58. The number of benzene rings is 1. The van der Waals surface area contributed by atoms with Gasteiger partial charge in [-0.25, -0.2) is 0 Å². The van der Waals surface area contributed by atoms with Crippen molar-refractivity contribution >= 4 is 0 Å². The molecule has 1 aromatic rings. The molecule has 0 aliphatic heterocycles. The molecule has 1 aromatic carbocycles. The largest absolute Gasteiger partial charge is 0.378 e. The van der Waals surface area contributed by atoms with Crippen molar-refractivity contribution in [3.63, 3.8) is 0 Å². The summed E-state index contributed by atoms with van der Waals surface area (Å²) in [5.74, 6) is 5.75. The number of nitrogens with one attached hydrogen (secondary N) is 1. The van der Waals surface area contributed by atoms with E-state index in [0.717, 1.165) is 19.3 Å². The zero-order valence-corrected chi connectivity index (χ0v) is 11.6. The molecule has 2 rings (SSSR count). The molecule has 1 fully saturated rings. The van der Waals surface area contributed by atoms with Gasteiger partial charge in [-0.2, -0.15) is 0 Å². The topological polar surface area (TPSA) is 47.3 Å². The van der Waals surface area contributed by atoms with Crippen molar-refractivity contribution in [3.05, 3.63) is 34.9 Å². The van der Waals surface area contributed by atoms with Gasteiger partial charge in [-0.15, -0.1) is 0 Å². The van der Waals surface area contributed by atoms with Crippen LogP contribution in [0.5, 0.6) is 0 Å². The third-order valence-corrected chi connectivity index (χ3v) is 4.28. The Kier molecular flexibility index (Phi) is 4.05. The van der Waals surface area contributed by atoms with Gasteiger partial charge < -0.3 is 4.74 Å². The van der Waals surface area contributed by atoms with Gasteiger partial charge in [0.15, 0.2) is 0 Å². The summed E-state index contributed by atoms with van der Waals surface area (Å²) < 4.78 is 5.70. The second kappa shape index (κ2) is 5.39. The maximum atomic E-state index is 5.75. The fourth-order valence-corrected chi connectivity index (χ4v) is 2.91. The molecule has 1 aliphatic rings. The molecule has 1 saturated carbocycles. The lowest BCUT2D eigenvalue weighted by atomic mass is 9.74. The van der Waals surface area contributed by atoms with Gasteiger partial charge >= 0.3 is 0 Å².